The average Bonchev–Trinajstić information content (AvgIpc) is 3.29. The van der Waals surface area contributed by atoms with Crippen molar-refractivity contribution < 1.29 is 19.3 Å². The van der Waals surface area contributed by atoms with Crippen LogP contribution in [0.15, 0.2) is 54.9 Å². The number of nitrogens with zero attached hydrogens (tertiary/aromatic N) is 3. The molecule has 0 unspecified atom stereocenters. The van der Waals surface area contributed by atoms with Crippen LogP contribution < -0.4 is 14.2 Å². The lowest BCUT2D eigenvalue weighted by Crippen LogP contribution is -2.37. The molecule has 188 valence electrons. The molecule has 1 aromatic heterocycles. The predicted molar refractivity (Wildman–Crippen MR) is 136 cm³/mol. The number of methoxy groups -OCH3 is 1. The van der Waals surface area contributed by atoms with Gasteiger partial charge in [-0.3, -0.25) is 9.58 Å². The maximum absolute atomic E-state index is 11.2. The van der Waals surface area contributed by atoms with Crippen LogP contribution in [0.3, 0.4) is 0 Å². The van der Waals surface area contributed by atoms with Gasteiger partial charge in [0.25, 0.3) is 0 Å². The molecule has 0 amide bonds. The summed E-state index contributed by atoms with van der Waals surface area (Å²) in [6, 6.07) is 14.2. The number of likely N-dealkylation sites (tertiary alicyclic amines) is 1. The van der Waals surface area contributed by atoms with Gasteiger partial charge in [-0.05, 0) is 75.0 Å². The minimum Gasteiger partial charge on any atom is -0.493 e. The second-order valence-corrected chi connectivity index (χ2v) is 9.51. The van der Waals surface area contributed by atoms with E-state index < -0.39 is 5.60 Å². The van der Waals surface area contributed by atoms with Crippen LogP contribution in [0.2, 0.25) is 0 Å². The van der Waals surface area contributed by atoms with E-state index in [-0.39, 0.29) is 0 Å². The first-order valence-corrected chi connectivity index (χ1v) is 12.4. The lowest BCUT2D eigenvalue weighted by atomic mass is 9.96. The molecule has 0 spiro atoms. The number of ether oxygens (including phenoxy) is 3. The Labute approximate surface area is 208 Å². The van der Waals surface area contributed by atoms with Gasteiger partial charge < -0.3 is 19.3 Å². The van der Waals surface area contributed by atoms with Crippen molar-refractivity contribution in [1.82, 2.24) is 14.7 Å². The number of rotatable bonds is 10. The fraction of sp³-hybridized carbons (Fsp3) is 0.464. The van der Waals surface area contributed by atoms with Crippen LogP contribution in [0, 0.1) is 13.8 Å². The Morgan fingerprint density at radius 2 is 1.86 bits per heavy atom. The number of hydrogen-bond donors (Lipinski definition) is 1. The van der Waals surface area contributed by atoms with Gasteiger partial charge in [0.05, 0.1) is 19.3 Å². The van der Waals surface area contributed by atoms with Gasteiger partial charge in [-0.1, -0.05) is 23.8 Å². The van der Waals surface area contributed by atoms with Gasteiger partial charge in [0, 0.05) is 25.5 Å². The van der Waals surface area contributed by atoms with Gasteiger partial charge in [0.1, 0.15) is 19.0 Å². The fourth-order valence-corrected chi connectivity index (χ4v) is 4.58. The van der Waals surface area contributed by atoms with Gasteiger partial charge in [-0.2, -0.15) is 5.10 Å². The summed E-state index contributed by atoms with van der Waals surface area (Å²) in [5, 5.41) is 15.4. The van der Waals surface area contributed by atoms with Crippen molar-refractivity contribution in [2.45, 2.75) is 51.8 Å². The van der Waals surface area contributed by atoms with Crippen LogP contribution >= 0.6 is 0 Å². The van der Waals surface area contributed by atoms with Crippen molar-refractivity contribution in [1.29, 1.82) is 0 Å². The van der Waals surface area contributed by atoms with Crippen LogP contribution in [0.25, 0.3) is 0 Å². The summed E-state index contributed by atoms with van der Waals surface area (Å²) >= 11 is 0. The smallest absolute Gasteiger partial charge is 0.161 e. The molecular weight excluding hydrogens is 442 g/mol. The molecule has 1 saturated heterocycles. The minimum atomic E-state index is -0.809. The van der Waals surface area contributed by atoms with Gasteiger partial charge in [-0.15, -0.1) is 0 Å². The number of aliphatic hydroxyl groups is 1. The zero-order valence-electron chi connectivity index (χ0n) is 21.1. The Morgan fingerprint density at radius 3 is 2.63 bits per heavy atom. The lowest BCUT2D eigenvalue weighted by molar-refractivity contribution is -0.0170. The van der Waals surface area contributed by atoms with E-state index in [9.17, 15) is 5.11 Å². The molecule has 1 aliphatic heterocycles. The normalized spacial score (nSPS) is 18.7. The van der Waals surface area contributed by atoms with Gasteiger partial charge in [0.2, 0.25) is 0 Å². The third kappa shape index (κ3) is 6.99. The minimum absolute atomic E-state index is 0.323. The molecule has 7 nitrogen and oxygen atoms in total. The summed E-state index contributed by atoms with van der Waals surface area (Å²) in [6.45, 7) is 8.21. The summed E-state index contributed by atoms with van der Waals surface area (Å²) in [6.07, 6.45) is 6.03. The highest BCUT2D eigenvalue weighted by molar-refractivity contribution is 5.43. The van der Waals surface area contributed by atoms with Gasteiger partial charge >= 0.3 is 0 Å². The number of benzene rings is 2. The van der Waals surface area contributed by atoms with E-state index in [1.165, 1.54) is 11.1 Å². The molecule has 7 heteroatoms. The number of hydrogen-bond acceptors (Lipinski definition) is 6. The molecule has 1 atom stereocenters. The second-order valence-electron chi connectivity index (χ2n) is 9.51. The highest BCUT2D eigenvalue weighted by Gasteiger charge is 2.31. The van der Waals surface area contributed by atoms with E-state index in [2.05, 4.69) is 29.1 Å². The summed E-state index contributed by atoms with van der Waals surface area (Å²) in [5.74, 6) is 2.32. The molecule has 0 aliphatic carbocycles. The Morgan fingerprint density at radius 1 is 1.00 bits per heavy atom. The second kappa shape index (κ2) is 11.6. The predicted octanol–water partition coefficient (Wildman–Crippen LogP) is 4.38. The number of aryl methyl sites for hydroxylation is 2. The molecule has 2 aromatic carbocycles. The molecule has 35 heavy (non-hydrogen) atoms. The van der Waals surface area contributed by atoms with Crippen LogP contribution in [-0.4, -0.2) is 58.8 Å². The van der Waals surface area contributed by atoms with Gasteiger partial charge in [-0.25, -0.2) is 0 Å². The molecule has 0 bridgehead atoms. The first kappa shape index (κ1) is 25.1. The number of aromatic nitrogens is 2. The Bertz CT molecular complexity index is 1090. The summed E-state index contributed by atoms with van der Waals surface area (Å²) in [4.78, 5) is 2.39. The van der Waals surface area contributed by atoms with E-state index in [4.69, 9.17) is 14.2 Å². The molecule has 3 aromatic rings. The first-order chi connectivity index (χ1) is 16.9. The summed E-state index contributed by atoms with van der Waals surface area (Å²) in [7, 11) is 1.67. The fourth-order valence-electron chi connectivity index (χ4n) is 4.58. The van der Waals surface area contributed by atoms with E-state index >= 15 is 0 Å². The molecule has 2 heterocycles. The largest absolute Gasteiger partial charge is 0.493 e. The Hall–Kier alpha value is -3.03. The van der Waals surface area contributed by atoms with Crippen molar-refractivity contribution >= 4 is 0 Å². The van der Waals surface area contributed by atoms with E-state index in [0.717, 1.165) is 55.3 Å². The summed E-state index contributed by atoms with van der Waals surface area (Å²) in [5.41, 5.74) is 2.67. The highest BCUT2D eigenvalue weighted by Crippen LogP contribution is 2.30. The van der Waals surface area contributed by atoms with Crippen LogP contribution in [0.5, 0.6) is 17.2 Å². The van der Waals surface area contributed by atoms with Crippen LogP contribution in [0.1, 0.15) is 36.0 Å². The summed E-state index contributed by atoms with van der Waals surface area (Å²) < 4.78 is 19.4. The Kier molecular flexibility index (Phi) is 8.31. The van der Waals surface area contributed by atoms with Crippen molar-refractivity contribution in [3.8, 4) is 17.2 Å². The Balaban J connectivity index is 1.29. The molecule has 1 fully saturated rings. The molecule has 4 rings (SSSR count). The maximum Gasteiger partial charge on any atom is 0.161 e. The first-order valence-electron chi connectivity index (χ1n) is 12.4. The lowest BCUT2D eigenvalue weighted by Gasteiger charge is -2.27. The molecular formula is C28H37N3O4. The molecule has 1 aliphatic rings. The van der Waals surface area contributed by atoms with Gasteiger partial charge in [0.15, 0.2) is 11.5 Å². The standard InChI is InChI=1S/C28H37N3O4/c1-22-6-8-25(23(2)18-22)35-21-28(32)10-4-13-30(15-11-28)20-24-7-9-26(27(19-24)33-3)34-17-16-31-14-5-12-29-31/h5-9,12,14,18-19,32H,4,10-11,13,15-17,20-21H2,1-3H3/t28-/m0/s1. The highest BCUT2D eigenvalue weighted by atomic mass is 16.5. The van der Waals surface area contributed by atoms with E-state index in [1.807, 2.05) is 48.1 Å². The maximum atomic E-state index is 11.2. The quantitative estimate of drug-likeness (QED) is 0.465. The van der Waals surface area contributed by atoms with Crippen molar-refractivity contribution in [2.24, 2.45) is 0 Å². The SMILES string of the molecule is COc1cc(CN2CCC[C@@](O)(COc3ccc(C)cc3C)CC2)ccc1OCCn1cccn1. The third-order valence-electron chi connectivity index (χ3n) is 6.61. The van der Waals surface area contributed by atoms with Crippen LogP contribution in [0.4, 0.5) is 0 Å². The van der Waals surface area contributed by atoms with Crippen molar-refractivity contribution in [3.05, 3.63) is 71.5 Å². The van der Waals surface area contributed by atoms with E-state index in [1.54, 1.807) is 13.3 Å². The average molecular weight is 480 g/mol. The molecule has 0 saturated carbocycles. The molecule has 0 radical (unpaired) electrons. The topological polar surface area (TPSA) is 69.0 Å². The molecule has 1 N–H and O–H groups in total. The zero-order chi connectivity index (χ0) is 24.7. The van der Waals surface area contributed by atoms with Crippen molar-refractivity contribution in [2.75, 3.05) is 33.4 Å². The zero-order valence-corrected chi connectivity index (χ0v) is 21.1. The monoisotopic (exact) mass is 479 g/mol. The third-order valence-corrected chi connectivity index (χ3v) is 6.61. The van der Waals surface area contributed by atoms with E-state index in [0.29, 0.717) is 26.2 Å². The van der Waals surface area contributed by atoms with Crippen molar-refractivity contribution in [3.63, 3.8) is 0 Å². The van der Waals surface area contributed by atoms with Crippen LogP contribution in [-0.2, 0) is 13.1 Å².